The molecule has 0 spiro atoms. The fraction of sp³-hybridized carbons (Fsp3) is 0.391. The van der Waals surface area contributed by atoms with Crippen LogP contribution in [0, 0.1) is 12.8 Å². The van der Waals surface area contributed by atoms with Gasteiger partial charge < -0.3 is 16.0 Å². The van der Waals surface area contributed by atoms with Crippen molar-refractivity contribution in [1.82, 2.24) is 15.5 Å². The van der Waals surface area contributed by atoms with Crippen LogP contribution in [-0.4, -0.2) is 43.0 Å². The molecule has 3 amide bonds. The van der Waals surface area contributed by atoms with Gasteiger partial charge in [-0.2, -0.15) is 0 Å². The summed E-state index contributed by atoms with van der Waals surface area (Å²) in [5.74, 6) is 0.176. The molecule has 0 aliphatic carbocycles. The Morgan fingerprint density at radius 1 is 1.13 bits per heavy atom. The number of piperidine rings is 1. The lowest BCUT2D eigenvalue weighted by atomic mass is 9.97. The van der Waals surface area contributed by atoms with E-state index < -0.39 is 0 Å². The van der Waals surface area contributed by atoms with Crippen LogP contribution in [0.1, 0.15) is 24.0 Å². The predicted octanol–water partition coefficient (Wildman–Crippen LogP) is 3.91. The number of aryl methyl sites for hydroxylation is 1. The minimum absolute atomic E-state index is 0.0634. The standard InChI is InChI=1S/C23H29BrN4O2/c1-17-12-20(24)9-10-21(17)27-22(29)14-26-23(30)25-13-19-8-5-11-28(16-19)15-18-6-3-2-4-7-18/h2-4,6-7,9-10,12,19H,5,8,11,13-16H2,1H3,(H,27,29)(H2,25,26,30). The van der Waals surface area contributed by atoms with Gasteiger partial charge in [-0.15, -0.1) is 0 Å². The van der Waals surface area contributed by atoms with E-state index >= 15 is 0 Å². The average molecular weight is 473 g/mol. The van der Waals surface area contributed by atoms with E-state index in [0.29, 0.717) is 12.5 Å². The molecule has 0 bridgehead atoms. The van der Waals surface area contributed by atoms with Crippen LogP contribution in [0.2, 0.25) is 0 Å². The molecule has 160 valence electrons. The van der Waals surface area contributed by atoms with E-state index in [1.54, 1.807) is 0 Å². The highest BCUT2D eigenvalue weighted by Gasteiger charge is 2.20. The Labute approximate surface area is 186 Å². The number of benzene rings is 2. The maximum atomic E-state index is 12.1. The second-order valence-corrected chi connectivity index (χ2v) is 8.72. The van der Waals surface area contributed by atoms with E-state index in [9.17, 15) is 9.59 Å². The van der Waals surface area contributed by atoms with Gasteiger partial charge >= 0.3 is 6.03 Å². The molecule has 0 aromatic heterocycles. The van der Waals surface area contributed by atoms with Crippen molar-refractivity contribution in [2.75, 3.05) is 31.5 Å². The molecule has 30 heavy (non-hydrogen) atoms. The maximum absolute atomic E-state index is 12.1. The highest BCUT2D eigenvalue weighted by molar-refractivity contribution is 9.10. The van der Waals surface area contributed by atoms with Gasteiger partial charge in [0.05, 0.1) is 6.54 Å². The summed E-state index contributed by atoms with van der Waals surface area (Å²) in [5.41, 5.74) is 3.02. The van der Waals surface area contributed by atoms with Crippen molar-refractivity contribution in [3.8, 4) is 0 Å². The van der Waals surface area contributed by atoms with Crippen molar-refractivity contribution in [3.05, 3.63) is 64.1 Å². The van der Waals surface area contributed by atoms with Crippen LogP contribution in [0.25, 0.3) is 0 Å². The Morgan fingerprint density at radius 2 is 1.93 bits per heavy atom. The van der Waals surface area contributed by atoms with E-state index in [4.69, 9.17) is 0 Å². The van der Waals surface area contributed by atoms with Crippen LogP contribution in [0.4, 0.5) is 10.5 Å². The monoisotopic (exact) mass is 472 g/mol. The van der Waals surface area contributed by atoms with Gasteiger partial charge in [0.25, 0.3) is 0 Å². The highest BCUT2D eigenvalue weighted by atomic mass is 79.9. The van der Waals surface area contributed by atoms with Crippen LogP contribution >= 0.6 is 15.9 Å². The van der Waals surface area contributed by atoms with E-state index in [-0.39, 0.29) is 18.5 Å². The van der Waals surface area contributed by atoms with Crippen molar-refractivity contribution < 1.29 is 9.59 Å². The Morgan fingerprint density at radius 3 is 2.70 bits per heavy atom. The molecule has 3 N–H and O–H groups in total. The SMILES string of the molecule is Cc1cc(Br)ccc1NC(=O)CNC(=O)NCC1CCCN(Cc2ccccc2)C1. The molecule has 1 saturated heterocycles. The topological polar surface area (TPSA) is 73.5 Å². The van der Waals surface area contributed by atoms with Gasteiger partial charge in [0.1, 0.15) is 0 Å². The Kier molecular flexibility index (Phi) is 8.28. The lowest BCUT2D eigenvalue weighted by Gasteiger charge is -2.32. The summed E-state index contributed by atoms with van der Waals surface area (Å²) in [6, 6.07) is 15.8. The van der Waals surface area contributed by atoms with Gasteiger partial charge in [0.2, 0.25) is 5.91 Å². The number of halogens is 1. The van der Waals surface area contributed by atoms with Crippen molar-refractivity contribution in [1.29, 1.82) is 0 Å². The number of hydrogen-bond donors (Lipinski definition) is 3. The summed E-state index contributed by atoms with van der Waals surface area (Å²) in [5, 5.41) is 8.37. The number of carbonyl (C=O) groups is 2. The first kappa shape index (κ1) is 22.3. The van der Waals surface area contributed by atoms with Crippen molar-refractivity contribution in [2.45, 2.75) is 26.3 Å². The Balaban J connectivity index is 1.36. The molecule has 7 heteroatoms. The molecule has 6 nitrogen and oxygen atoms in total. The smallest absolute Gasteiger partial charge is 0.315 e. The lowest BCUT2D eigenvalue weighted by Crippen LogP contribution is -2.45. The van der Waals surface area contributed by atoms with Crippen LogP contribution in [-0.2, 0) is 11.3 Å². The maximum Gasteiger partial charge on any atom is 0.315 e. The van der Waals surface area contributed by atoms with Crippen LogP contribution in [0.15, 0.2) is 53.0 Å². The van der Waals surface area contributed by atoms with Crippen molar-refractivity contribution >= 4 is 33.6 Å². The number of carbonyl (C=O) groups excluding carboxylic acids is 2. The zero-order valence-corrected chi connectivity index (χ0v) is 18.9. The normalized spacial score (nSPS) is 16.7. The third kappa shape index (κ3) is 7.15. The molecule has 1 atom stereocenters. The largest absolute Gasteiger partial charge is 0.338 e. The zero-order valence-electron chi connectivity index (χ0n) is 17.3. The zero-order chi connectivity index (χ0) is 21.3. The second-order valence-electron chi connectivity index (χ2n) is 7.80. The Hall–Kier alpha value is -2.38. The van der Waals surface area contributed by atoms with Gasteiger partial charge in [0, 0.05) is 29.8 Å². The van der Waals surface area contributed by atoms with Gasteiger partial charge in [-0.3, -0.25) is 9.69 Å². The summed E-state index contributed by atoms with van der Waals surface area (Å²) >= 11 is 3.40. The summed E-state index contributed by atoms with van der Waals surface area (Å²) in [6.45, 7) is 5.48. The fourth-order valence-electron chi connectivity index (χ4n) is 3.72. The third-order valence-electron chi connectivity index (χ3n) is 5.28. The van der Waals surface area contributed by atoms with Gasteiger partial charge in [-0.05, 0) is 61.6 Å². The van der Waals surface area contributed by atoms with E-state index in [2.05, 4.69) is 61.0 Å². The molecule has 1 unspecified atom stereocenters. The molecule has 0 radical (unpaired) electrons. The average Bonchev–Trinajstić information content (AvgIpc) is 2.74. The number of anilines is 1. The van der Waals surface area contributed by atoms with Crippen LogP contribution < -0.4 is 16.0 Å². The summed E-state index contributed by atoms with van der Waals surface area (Å²) in [6.07, 6.45) is 2.24. The molecule has 2 aromatic carbocycles. The molecule has 1 heterocycles. The molecule has 1 fully saturated rings. The molecule has 1 aliphatic rings. The number of urea groups is 1. The van der Waals surface area contributed by atoms with E-state index in [0.717, 1.165) is 48.2 Å². The number of nitrogens with zero attached hydrogens (tertiary/aromatic N) is 1. The summed E-state index contributed by atoms with van der Waals surface area (Å²) in [4.78, 5) is 26.7. The Bertz CT molecular complexity index is 860. The molecule has 3 rings (SSSR count). The van der Waals surface area contributed by atoms with Gasteiger partial charge in [-0.25, -0.2) is 4.79 Å². The highest BCUT2D eigenvalue weighted by Crippen LogP contribution is 2.20. The first-order chi connectivity index (χ1) is 14.5. The predicted molar refractivity (Wildman–Crippen MR) is 123 cm³/mol. The molecule has 0 saturated carbocycles. The summed E-state index contributed by atoms with van der Waals surface area (Å²) < 4.78 is 0.959. The minimum atomic E-state index is -0.308. The fourth-order valence-corrected chi connectivity index (χ4v) is 4.20. The molecule has 1 aliphatic heterocycles. The molecular weight excluding hydrogens is 444 g/mol. The first-order valence-electron chi connectivity index (χ1n) is 10.3. The van der Waals surface area contributed by atoms with Gasteiger partial charge in [-0.1, -0.05) is 46.3 Å². The van der Waals surface area contributed by atoms with Crippen LogP contribution in [0.3, 0.4) is 0 Å². The van der Waals surface area contributed by atoms with Crippen molar-refractivity contribution in [2.24, 2.45) is 5.92 Å². The molecule has 2 aromatic rings. The quantitative estimate of drug-likeness (QED) is 0.571. The second kappa shape index (κ2) is 11.1. The van der Waals surface area contributed by atoms with E-state index in [1.165, 1.54) is 5.56 Å². The number of hydrogen-bond acceptors (Lipinski definition) is 3. The third-order valence-corrected chi connectivity index (χ3v) is 5.77. The van der Waals surface area contributed by atoms with Crippen molar-refractivity contribution in [3.63, 3.8) is 0 Å². The van der Waals surface area contributed by atoms with Gasteiger partial charge in [0.15, 0.2) is 0 Å². The minimum Gasteiger partial charge on any atom is -0.338 e. The number of likely N-dealkylation sites (tertiary alicyclic amines) is 1. The number of nitrogens with one attached hydrogen (secondary N) is 3. The summed E-state index contributed by atoms with van der Waals surface area (Å²) in [7, 11) is 0. The first-order valence-corrected chi connectivity index (χ1v) is 11.1. The lowest BCUT2D eigenvalue weighted by molar-refractivity contribution is -0.115. The van der Waals surface area contributed by atoms with Crippen LogP contribution in [0.5, 0.6) is 0 Å². The number of amides is 3. The molecular formula is C23H29BrN4O2. The number of rotatable bonds is 7. The van der Waals surface area contributed by atoms with E-state index in [1.807, 2.05) is 31.2 Å².